The molecule has 0 aliphatic carbocycles. The lowest BCUT2D eigenvalue weighted by Crippen LogP contribution is -2.44. The van der Waals surface area contributed by atoms with Crippen LogP contribution >= 0.6 is 27.5 Å². The van der Waals surface area contributed by atoms with Crippen molar-refractivity contribution in [1.82, 2.24) is 15.3 Å². The van der Waals surface area contributed by atoms with E-state index in [1.165, 1.54) is 21.1 Å². The molecule has 1 aromatic carbocycles. The second-order valence-electron chi connectivity index (χ2n) is 5.88. The fourth-order valence-corrected chi connectivity index (χ4v) is 3.19. The van der Waals surface area contributed by atoms with Gasteiger partial charge in [-0.1, -0.05) is 11.6 Å². The molecule has 2 aromatic rings. The molecule has 1 N–H and O–H groups in total. The molecule has 0 atom stereocenters. The van der Waals surface area contributed by atoms with Crippen LogP contribution in [-0.4, -0.2) is 63.3 Å². The minimum atomic E-state index is -0.571. The lowest BCUT2D eigenvalue weighted by molar-refractivity contribution is -0.123. The van der Waals surface area contributed by atoms with E-state index in [0.29, 0.717) is 11.2 Å². The summed E-state index contributed by atoms with van der Waals surface area (Å²) in [5.41, 5.74) is 0.145. The normalized spacial score (nSPS) is 13.8. The number of anilines is 1. The highest BCUT2D eigenvalue weighted by Gasteiger charge is 2.22. The van der Waals surface area contributed by atoms with Gasteiger partial charge in [-0.05, 0) is 22.0 Å². The number of piperazine rings is 1. The van der Waals surface area contributed by atoms with E-state index in [4.69, 9.17) is 31.1 Å². The molecular weight excluding hydrogens is 469 g/mol. The van der Waals surface area contributed by atoms with Crippen LogP contribution in [0.1, 0.15) is 6.92 Å². The maximum absolute atomic E-state index is 14.8. The number of ether oxygens (including phenoxy) is 3. The van der Waals surface area contributed by atoms with Crippen LogP contribution in [0, 0.1) is 17.1 Å². The van der Waals surface area contributed by atoms with Crippen molar-refractivity contribution >= 4 is 44.3 Å². The van der Waals surface area contributed by atoms with Gasteiger partial charge in [0, 0.05) is 52.7 Å². The molecule has 3 rings (SSSR count). The highest BCUT2D eigenvalue weighted by atomic mass is 79.9. The molecular formula is C18H22BrClFN5O3. The van der Waals surface area contributed by atoms with Gasteiger partial charge in [-0.15, -0.1) is 0 Å². The van der Waals surface area contributed by atoms with E-state index >= 15 is 0 Å². The number of hydrogen-bond donors (Lipinski definition) is 1. The third-order valence-electron chi connectivity index (χ3n) is 4.08. The molecule has 0 spiro atoms. The lowest BCUT2D eigenvalue weighted by Gasteiger charge is -2.29. The molecule has 0 radical (unpaired) electrons. The Balaban J connectivity index is 0.000000941. The first-order valence-electron chi connectivity index (χ1n) is 8.76. The summed E-state index contributed by atoms with van der Waals surface area (Å²) < 4.78 is 30.7. The van der Waals surface area contributed by atoms with Crippen molar-refractivity contribution < 1.29 is 18.6 Å². The second-order valence-corrected chi connectivity index (χ2v) is 7.09. The van der Waals surface area contributed by atoms with Gasteiger partial charge in [-0.2, -0.15) is 15.2 Å². The van der Waals surface area contributed by atoms with Crippen molar-refractivity contribution in [1.29, 1.82) is 5.26 Å². The predicted octanol–water partition coefficient (Wildman–Crippen LogP) is 3.12. The Kier molecular flexibility index (Phi) is 9.26. The number of benzene rings is 1. The first-order chi connectivity index (χ1) is 14.0. The summed E-state index contributed by atoms with van der Waals surface area (Å²) in [7, 11) is 3.01. The minimum Gasteiger partial charge on any atom is -0.458 e. The molecule has 2 heterocycles. The SMILES string of the molecule is CC#N.COC(COc1nc(N2CCNCC2)c2cc(Cl)c(Br)c(F)c2n1)OC. The van der Waals surface area contributed by atoms with Gasteiger partial charge in [0.05, 0.1) is 15.6 Å². The Morgan fingerprint density at radius 2 is 1.97 bits per heavy atom. The smallest absolute Gasteiger partial charge is 0.319 e. The number of nitrogens with one attached hydrogen (secondary N) is 1. The van der Waals surface area contributed by atoms with Crippen molar-refractivity contribution in [2.24, 2.45) is 0 Å². The van der Waals surface area contributed by atoms with Gasteiger partial charge in [0.15, 0.2) is 12.1 Å². The molecule has 1 aliphatic heterocycles. The largest absolute Gasteiger partial charge is 0.458 e. The third kappa shape index (κ3) is 5.87. The molecule has 1 aliphatic rings. The summed E-state index contributed by atoms with van der Waals surface area (Å²) in [5.74, 6) is 0.0392. The molecule has 29 heavy (non-hydrogen) atoms. The van der Waals surface area contributed by atoms with Crippen LogP contribution in [0.2, 0.25) is 5.02 Å². The standard InChI is InChI=1S/C16H19BrClFN4O3.C2H3N/c1-24-11(25-2)8-26-16-21-14-9(7-10(18)12(17)13(14)19)15(22-16)23-5-3-20-4-6-23;1-2-3/h7,11,20H,3-6,8H2,1-2H3;1H3. The van der Waals surface area contributed by atoms with E-state index < -0.39 is 12.1 Å². The Morgan fingerprint density at radius 1 is 1.34 bits per heavy atom. The second kappa shape index (κ2) is 11.4. The molecule has 0 unspecified atom stereocenters. The quantitative estimate of drug-likeness (QED) is 0.488. The molecule has 0 amide bonds. The van der Waals surface area contributed by atoms with E-state index in [2.05, 4.69) is 36.1 Å². The molecule has 8 nitrogen and oxygen atoms in total. The number of nitrogens with zero attached hydrogens (tertiary/aromatic N) is 4. The average Bonchev–Trinajstić information content (AvgIpc) is 2.74. The number of methoxy groups -OCH3 is 2. The zero-order valence-corrected chi connectivity index (χ0v) is 18.7. The van der Waals surface area contributed by atoms with Crippen molar-refractivity contribution in [3.05, 3.63) is 21.4 Å². The fourth-order valence-electron chi connectivity index (χ4n) is 2.69. The molecule has 0 saturated carbocycles. The molecule has 11 heteroatoms. The van der Waals surface area contributed by atoms with E-state index in [0.717, 1.165) is 26.2 Å². The maximum atomic E-state index is 14.8. The van der Waals surface area contributed by atoms with E-state index in [9.17, 15) is 4.39 Å². The van der Waals surface area contributed by atoms with Gasteiger partial charge in [0.2, 0.25) is 0 Å². The van der Waals surface area contributed by atoms with E-state index in [1.807, 2.05) is 0 Å². The van der Waals surface area contributed by atoms with Crippen LogP contribution < -0.4 is 15.0 Å². The van der Waals surface area contributed by atoms with Crippen molar-refractivity contribution in [3.63, 3.8) is 0 Å². The Labute approximate surface area is 182 Å². The number of nitriles is 1. The third-order valence-corrected chi connectivity index (χ3v) is 5.38. The number of hydrogen-bond acceptors (Lipinski definition) is 8. The summed E-state index contributed by atoms with van der Waals surface area (Å²) in [6.45, 7) is 4.60. The monoisotopic (exact) mass is 489 g/mol. The summed E-state index contributed by atoms with van der Waals surface area (Å²) in [6.07, 6.45) is -0.571. The average molecular weight is 491 g/mol. The summed E-state index contributed by atoms with van der Waals surface area (Å²) in [4.78, 5) is 10.8. The number of halogens is 3. The van der Waals surface area contributed by atoms with Gasteiger partial charge in [-0.3, -0.25) is 0 Å². The Bertz CT molecular complexity index is 873. The zero-order valence-electron chi connectivity index (χ0n) is 16.3. The van der Waals surface area contributed by atoms with Crippen LogP contribution in [0.5, 0.6) is 6.01 Å². The van der Waals surface area contributed by atoms with Crippen LogP contribution in [0.15, 0.2) is 10.5 Å². The van der Waals surface area contributed by atoms with E-state index in [-0.39, 0.29) is 27.6 Å². The number of rotatable bonds is 6. The van der Waals surface area contributed by atoms with Crippen LogP contribution in [0.4, 0.5) is 10.2 Å². The van der Waals surface area contributed by atoms with Gasteiger partial charge in [-0.25, -0.2) is 4.39 Å². The van der Waals surface area contributed by atoms with Crippen molar-refractivity contribution in [3.8, 4) is 12.1 Å². The summed E-state index contributed by atoms with van der Waals surface area (Å²) >= 11 is 9.30. The van der Waals surface area contributed by atoms with Crippen LogP contribution in [0.25, 0.3) is 10.9 Å². The molecule has 1 saturated heterocycles. The topological polar surface area (TPSA) is 92.5 Å². The van der Waals surface area contributed by atoms with Gasteiger partial charge < -0.3 is 24.4 Å². The first-order valence-corrected chi connectivity index (χ1v) is 9.94. The highest BCUT2D eigenvalue weighted by molar-refractivity contribution is 9.10. The maximum Gasteiger partial charge on any atom is 0.319 e. The van der Waals surface area contributed by atoms with Gasteiger partial charge in [0.25, 0.3) is 0 Å². The Hall–Kier alpha value is -1.77. The summed E-state index contributed by atoms with van der Waals surface area (Å²) in [5, 5.41) is 11.4. The van der Waals surface area contributed by atoms with Crippen molar-refractivity contribution in [2.75, 3.05) is 51.9 Å². The van der Waals surface area contributed by atoms with Crippen molar-refractivity contribution in [2.45, 2.75) is 13.2 Å². The molecule has 158 valence electrons. The van der Waals surface area contributed by atoms with Gasteiger partial charge in [0.1, 0.15) is 17.9 Å². The van der Waals surface area contributed by atoms with Crippen LogP contribution in [-0.2, 0) is 9.47 Å². The first kappa shape index (κ1) is 23.5. The lowest BCUT2D eigenvalue weighted by atomic mass is 10.2. The molecule has 1 fully saturated rings. The highest BCUT2D eigenvalue weighted by Crippen LogP contribution is 2.36. The molecule has 0 bridgehead atoms. The number of aromatic nitrogens is 2. The Morgan fingerprint density at radius 3 is 2.55 bits per heavy atom. The summed E-state index contributed by atoms with van der Waals surface area (Å²) in [6, 6.07) is 3.47. The predicted molar refractivity (Wildman–Crippen MR) is 112 cm³/mol. The molecule has 1 aromatic heterocycles. The number of fused-ring (bicyclic) bond motifs is 1. The van der Waals surface area contributed by atoms with Gasteiger partial charge >= 0.3 is 6.01 Å². The minimum absolute atomic E-state index is 0.0539. The van der Waals surface area contributed by atoms with Crippen LogP contribution in [0.3, 0.4) is 0 Å². The zero-order chi connectivity index (χ0) is 21.4. The fraction of sp³-hybridized carbons (Fsp3) is 0.500. The van der Waals surface area contributed by atoms with E-state index in [1.54, 1.807) is 12.1 Å².